The maximum Gasteiger partial charge on any atom is 0.138 e. The topological polar surface area (TPSA) is 42.7 Å². The van der Waals surface area contributed by atoms with E-state index < -0.39 is 0 Å². The number of benzene rings is 1. The number of halogens is 1. The predicted octanol–water partition coefficient (Wildman–Crippen LogP) is 4.16. The van der Waals surface area contributed by atoms with Gasteiger partial charge in [0, 0.05) is 4.88 Å². The van der Waals surface area contributed by atoms with Gasteiger partial charge < -0.3 is 5.32 Å². The Kier molecular flexibility index (Phi) is 3.71. The van der Waals surface area contributed by atoms with E-state index in [4.69, 9.17) is 11.6 Å². The number of hydrogen-bond donors (Lipinski definition) is 1. The molecular formula is C14H13ClN4S. The van der Waals surface area contributed by atoms with Crippen molar-refractivity contribution in [1.82, 2.24) is 14.8 Å². The van der Waals surface area contributed by atoms with Gasteiger partial charge in [0.2, 0.25) is 0 Å². The highest BCUT2D eigenvalue weighted by atomic mass is 35.5. The van der Waals surface area contributed by atoms with Crippen LogP contribution in [0.2, 0.25) is 5.02 Å². The van der Waals surface area contributed by atoms with Crippen molar-refractivity contribution in [2.45, 2.75) is 13.0 Å². The van der Waals surface area contributed by atoms with Crippen LogP contribution < -0.4 is 5.32 Å². The standard InChI is InChI=1S/C14H13ClN4S/c1-10(13-6-3-7-20-13)18-12-5-2-4-11(15)14(12)19-9-16-8-17-19/h2-10,18H,1H3. The Balaban J connectivity index is 1.96. The molecule has 6 heteroatoms. The molecular weight excluding hydrogens is 292 g/mol. The Labute approximate surface area is 126 Å². The number of para-hydroxylation sites is 1. The van der Waals surface area contributed by atoms with Gasteiger partial charge in [-0.05, 0) is 30.5 Å². The lowest BCUT2D eigenvalue weighted by molar-refractivity contribution is 0.861. The van der Waals surface area contributed by atoms with Gasteiger partial charge in [0.25, 0.3) is 0 Å². The maximum absolute atomic E-state index is 6.30. The summed E-state index contributed by atoms with van der Waals surface area (Å²) in [6, 6.07) is 10.1. The third-order valence-corrected chi connectivity index (χ3v) is 4.34. The van der Waals surface area contributed by atoms with Crippen LogP contribution in [0.1, 0.15) is 17.8 Å². The van der Waals surface area contributed by atoms with Crippen LogP contribution >= 0.6 is 22.9 Å². The lowest BCUT2D eigenvalue weighted by Gasteiger charge is -2.17. The summed E-state index contributed by atoms with van der Waals surface area (Å²) in [7, 11) is 0. The Hall–Kier alpha value is -1.85. The molecule has 0 amide bonds. The van der Waals surface area contributed by atoms with Crippen LogP contribution in [0.4, 0.5) is 5.69 Å². The number of rotatable bonds is 4. The summed E-state index contributed by atoms with van der Waals surface area (Å²) < 4.78 is 1.67. The maximum atomic E-state index is 6.30. The number of anilines is 1. The van der Waals surface area contributed by atoms with Gasteiger partial charge in [0.15, 0.2) is 0 Å². The van der Waals surface area contributed by atoms with Crippen molar-refractivity contribution in [1.29, 1.82) is 0 Å². The number of hydrogen-bond acceptors (Lipinski definition) is 4. The van der Waals surface area contributed by atoms with Crippen molar-refractivity contribution in [3.8, 4) is 5.69 Å². The Morgan fingerprint density at radius 2 is 2.20 bits per heavy atom. The fraction of sp³-hybridized carbons (Fsp3) is 0.143. The molecule has 1 atom stereocenters. The summed E-state index contributed by atoms with van der Waals surface area (Å²) in [6.45, 7) is 2.12. The molecule has 4 nitrogen and oxygen atoms in total. The second-order valence-corrected chi connectivity index (χ2v) is 5.74. The molecule has 1 unspecified atom stereocenters. The van der Waals surface area contributed by atoms with Gasteiger partial charge in [-0.2, -0.15) is 5.10 Å². The van der Waals surface area contributed by atoms with E-state index in [1.807, 2.05) is 18.2 Å². The molecule has 0 aliphatic carbocycles. The van der Waals surface area contributed by atoms with Crippen LogP contribution in [-0.2, 0) is 0 Å². The molecule has 20 heavy (non-hydrogen) atoms. The molecule has 0 bridgehead atoms. The molecule has 1 N–H and O–H groups in total. The van der Waals surface area contributed by atoms with E-state index in [-0.39, 0.29) is 6.04 Å². The first-order chi connectivity index (χ1) is 9.75. The zero-order chi connectivity index (χ0) is 13.9. The van der Waals surface area contributed by atoms with E-state index in [0.29, 0.717) is 5.02 Å². The smallest absolute Gasteiger partial charge is 0.138 e. The van der Waals surface area contributed by atoms with Crippen molar-refractivity contribution in [3.05, 3.63) is 58.3 Å². The van der Waals surface area contributed by atoms with E-state index in [2.05, 4.69) is 39.8 Å². The van der Waals surface area contributed by atoms with E-state index in [9.17, 15) is 0 Å². The van der Waals surface area contributed by atoms with Gasteiger partial charge in [0.05, 0.1) is 16.8 Å². The minimum Gasteiger partial charge on any atom is -0.376 e. The molecule has 0 fully saturated rings. The van der Waals surface area contributed by atoms with Gasteiger partial charge in [-0.25, -0.2) is 9.67 Å². The Morgan fingerprint density at radius 3 is 2.90 bits per heavy atom. The zero-order valence-electron chi connectivity index (χ0n) is 10.8. The van der Waals surface area contributed by atoms with Crippen molar-refractivity contribution >= 4 is 28.6 Å². The number of nitrogens with zero attached hydrogens (tertiary/aromatic N) is 3. The first kappa shape index (κ1) is 13.1. The first-order valence-corrected chi connectivity index (χ1v) is 7.45. The number of aromatic nitrogens is 3. The van der Waals surface area contributed by atoms with Crippen LogP contribution in [-0.4, -0.2) is 14.8 Å². The Morgan fingerprint density at radius 1 is 1.30 bits per heavy atom. The molecule has 3 rings (SSSR count). The minimum atomic E-state index is 0.204. The fourth-order valence-electron chi connectivity index (χ4n) is 2.03. The predicted molar refractivity (Wildman–Crippen MR) is 82.7 cm³/mol. The van der Waals surface area contributed by atoms with Crippen LogP contribution in [0.3, 0.4) is 0 Å². The average molecular weight is 305 g/mol. The summed E-state index contributed by atoms with van der Waals surface area (Å²) in [5.41, 5.74) is 1.75. The van der Waals surface area contributed by atoms with Crippen LogP contribution in [0, 0.1) is 0 Å². The van der Waals surface area contributed by atoms with Crippen LogP contribution in [0.5, 0.6) is 0 Å². The average Bonchev–Trinajstić information content (AvgIpc) is 3.12. The summed E-state index contributed by atoms with van der Waals surface area (Å²) in [6.07, 6.45) is 3.14. The Bertz CT molecular complexity index is 679. The lowest BCUT2D eigenvalue weighted by atomic mass is 10.2. The monoisotopic (exact) mass is 304 g/mol. The zero-order valence-corrected chi connectivity index (χ0v) is 12.4. The molecule has 0 radical (unpaired) electrons. The molecule has 102 valence electrons. The molecule has 2 aromatic heterocycles. The quantitative estimate of drug-likeness (QED) is 0.787. The highest BCUT2D eigenvalue weighted by molar-refractivity contribution is 7.10. The molecule has 0 saturated carbocycles. The summed E-state index contributed by atoms with van der Waals surface area (Å²) in [5.74, 6) is 0. The molecule has 0 spiro atoms. The summed E-state index contributed by atoms with van der Waals surface area (Å²) >= 11 is 8.03. The van der Waals surface area contributed by atoms with E-state index in [1.54, 1.807) is 22.3 Å². The van der Waals surface area contributed by atoms with Crippen molar-refractivity contribution < 1.29 is 0 Å². The van der Waals surface area contributed by atoms with Crippen molar-refractivity contribution in [2.75, 3.05) is 5.32 Å². The highest BCUT2D eigenvalue weighted by Gasteiger charge is 2.13. The van der Waals surface area contributed by atoms with Gasteiger partial charge >= 0.3 is 0 Å². The molecule has 1 aromatic carbocycles. The third-order valence-electron chi connectivity index (χ3n) is 2.98. The van der Waals surface area contributed by atoms with Gasteiger partial charge in [-0.1, -0.05) is 23.7 Å². The highest BCUT2D eigenvalue weighted by Crippen LogP contribution is 2.31. The summed E-state index contributed by atoms with van der Waals surface area (Å²) in [4.78, 5) is 5.25. The number of thiophene rings is 1. The van der Waals surface area contributed by atoms with Crippen molar-refractivity contribution in [3.63, 3.8) is 0 Å². The third kappa shape index (κ3) is 2.55. The largest absolute Gasteiger partial charge is 0.376 e. The molecule has 0 aliphatic heterocycles. The SMILES string of the molecule is CC(Nc1cccc(Cl)c1-n1cncn1)c1cccs1. The van der Waals surface area contributed by atoms with Gasteiger partial charge in [-0.3, -0.25) is 0 Å². The van der Waals surface area contributed by atoms with Crippen molar-refractivity contribution in [2.24, 2.45) is 0 Å². The van der Waals surface area contributed by atoms with Gasteiger partial charge in [-0.15, -0.1) is 11.3 Å². The molecule has 2 heterocycles. The second-order valence-electron chi connectivity index (χ2n) is 4.36. The summed E-state index contributed by atoms with van der Waals surface area (Å²) in [5, 5.41) is 10.4. The second kappa shape index (κ2) is 5.64. The minimum absolute atomic E-state index is 0.204. The molecule has 0 aliphatic rings. The van der Waals surface area contributed by atoms with Crippen LogP contribution in [0.25, 0.3) is 5.69 Å². The van der Waals surface area contributed by atoms with E-state index in [1.165, 1.54) is 11.2 Å². The van der Waals surface area contributed by atoms with E-state index >= 15 is 0 Å². The molecule has 3 aromatic rings. The molecule has 0 saturated heterocycles. The number of nitrogens with one attached hydrogen (secondary N) is 1. The lowest BCUT2D eigenvalue weighted by Crippen LogP contribution is -2.09. The van der Waals surface area contributed by atoms with Gasteiger partial charge in [0.1, 0.15) is 18.3 Å². The van der Waals surface area contributed by atoms with E-state index in [0.717, 1.165) is 11.4 Å². The van der Waals surface area contributed by atoms with Crippen LogP contribution in [0.15, 0.2) is 48.4 Å². The first-order valence-electron chi connectivity index (χ1n) is 6.19. The normalized spacial score (nSPS) is 12.3. The fourth-order valence-corrected chi connectivity index (χ4v) is 3.03.